The van der Waals surface area contributed by atoms with Crippen molar-refractivity contribution in [2.24, 2.45) is 5.92 Å². The van der Waals surface area contributed by atoms with Crippen molar-refractivity contribution in [1.29, 1.82) is 0 Å². The number of benzene rings is 1. The van der Waals surface area contributed by atoms with Gasteiger partial charge < -0.3 is 15.0 Å². The lowest BCUT2D eigenvalue weighted by Gasteiger charge is -2.34. The molecule has 112 valence electrons. The average Bonchev–Trinajstić information content (AvgIpc) is 3.16. The van der Waals surface area contributed by atoms with Crippen LogP contribution in [0.5, 0.6) is 5.75 Å². The third-order valence-electron chi connectivity index (χ3n) is 5.28. The molecule has 4 rings (SSSR count). The molecule has 1 amide bonds. The Morgan fingerprint density at radius 1 is 1.38 bits per heavy atom. The van der Waals surface area contributed by atoms with Crippen molar-refractivity contribution in [3.63, 3.8) is 0 Å². The number of anilines is 1. The molecule has 2 saturated heterocycles. The molecule has 2 bridgehead atoms. The number of rotatable bonds is 2. The highest BCUT2D eigenvalue weighted by Gasteiger charge is 2.45. The predicted molar refractivity (Wildman–Crippen MR) is 81.7 cm³/mol. The van der Waals surface area contributed by atoms with Gasteiger partial charge in [-0.1, -0.05) is 12.1 Å². The molecule has 21 heavy (non-hydrogen) atoms. The average molecular weight is 286 g/mol. The number of carbonyl (C=O) groups excluding carboxylic acids is 1. The summed E-state index contributed by atoms with van der Waals surface area (Å²) in [7, 11) is 1.69. The maximum absolute atomic E-state index is 13.1. The lowest BCUT2D eigenvalue weighted by atomic mass is 9.87. The van der Waals surface area contributed by atoms with E-state index in [0.717, 1.165) is 43.7 Å². The van der Waals surface area contributed by atoms with E-state index in [2.05, 4.69) is 11.4 Å². The van der Waals surface area contributed by atoms with Gasteiger partial charge in [0.05, 0.1) is 18.7 Å². The second-order valence-corrected chi connectivity index (χ2v) is 6.45. The Labute approximate surface area is 125 Å². The van der Waals surface area contributed by atoms with Crippen LogP contribution in [0.15, 0.2) is 18.2 Å². The minimum absolute atomic E-state index is 0.152. The molecule has 0 aliphatic carbocycles. The quantitative estimate of drug-likeness (QED) is 0.905. The van der Waals surface area contributed by atoms with Gasteiger partial charge in [0.25, 0.3) is 0 Å². The summed E-state index contributed by atoms with van der Waals surface area (Å²) in [6.07, 6.45) is 5.46. The van der Waals surface area contributed by atoms with Crippen molar-refractivity contribution in [2.75, 3.05) is 18.6 Å². The maximum atomic E-state index is 13.1. The second kappa shape index (κ2) is 5.02. The minimum Gasteiger partial charge on any atom is -0.495 e. The summed E-state index contributed by atoms with van der Waals surface area (Å²) in [4.78, 5) is 15.0. The first-order valence-corrected chi connectivity index (χ1v) is 8.01. The highest BCUT2D eigenvalue weighted by atomic mass is 16.5. The number of nitrogens with zero attached hydrogens (tertiary/aromatic N) is 1. The largest absolute Gasteiger partial charge is 0.495 e. The molecule has 0 aromatic heterocycles. The summed E-state index contributed by atoms with van der Waals surface area (Å²) >= 11 is 0. The van der Waals surface area contributed by atoms with Crippen molar-refractivity contribution in [3.8, 4) is 5.75 Å². The molecule has 0 radical (unpaired) electrons. The van der Waals surface area contributed by atoms with Gasteiger partial charge in [-0.15, -0.1) is 0 Å². The van der Waals surface area contributed by atoms with Gasteiger partial charge in [-0.05, 0) is 43.7 Å². The number of fused-ring (bicyclic) bond motifs is 3. The number of hydrogen-bond donors (Lipinski definition) is 1. The van der Waals surface area contributed by atoms with Crippen LogP contribution in [0, 0.1) is 5.92 Å². The number of aryl methyl sites for hydroxylation is 1. The summed E-state index contributed by atoms with van der Waals surface area (Å²) in [6, 6.07) is 7.05. The van der Waals surface area contributed by atoms with Crippen molar-refractivity contribution < 1.29 is 9.53 Å². The Bertz CT molecular complexity index is 558. The molecular formula is C17H22N2O2. The summed E-state index contributed by atoms with van der Waals surface area (Å²) < 4.78 is 5.51. The zero-order valence-electron chi connectivity index (χ0n) is 12.5. The summed E-state index contributed by atoms with van der Waals surface area (Å²) in [6.45, 7) is 0.820. The van der Waals surface area contributed by atoms with Crippen LogP contribution in [0.25, 0.3) is 0 Å². The van der Waals surface area contributed by atoms with Gasteiger partial charge >= 0.3 is 0 Å². The summed E-state index contributed by atoms with van der Waals surface area (Å²) in [5.74, 6) is 1.27. The van der Waals surface area contributed by atoms with Crippen LogP contribution in [0.1, 0.15) is 31.2 Å². The Hall–Kier alpha value is -1.55. The van der Waals surface area contributed by atoms with E-state index < -0.39 is 0 Å². The van der Waals surface area contributed by atoms with E-state index >= 15 is 0 Å². The standard InChI is InChI=1S/C17H22N2O2/c1-21-15-6-2-4-11-5-3-9-19(16(11)15)17(20)13-10-12-7-8-14(13)18-12/h2,4,6,12-14,18H,3,5,7-10H2,1H3. The van der Waals surface area contributed by atoms with Gasteiger partial charge in [0.2, 0.25) is 5.91 Å². The molecule has 3 aliphatic heterocycles. The van der Waals surface area contributed by atoms with Crippen molar-refractivity contribution in [3.05, 3.63) is 23.8 Å². The Morgan fingerprint density at radius 2 is 2.29 bits per heavy atom. The second-order valence-electron chi connectivity index (χ2n) is 6.45. The van der Waals surface area contributed by atoms with Crippen LogP contribution in [0.2, 0.25) is 0 Å². The van der Waals surface area contributed by atoms with Crippen molar-refractivity contribution in [2.45, 2.75) is 44.2 Å². The lowest BCUT2D eigenvalue weighted by molar-refractivity contribution is -0.123. The molecule has 1 aromatic carbocycles. The van der Waals surface area contributed by atoms with Gasteiger partial charge in [-0.25, -0.2) is 0 Å². The molecule has 0 saturated carbocycles. The van der Waals surface area contributed by atoms with Crippen LogP contribution in [0.3, 0.4) is 0 Å². The SMILES string of the molecule is COc1cccc2c1N(C(=O)C1CC3CCC1N3)CCC2. The van der Waals surface area contributed by atoms with Crippen LogP contribution in [-0.2, 0) is 11.2 Å². The molecule has 3 aliphatic rings. The number of carbonyl (C=O) groups is 1. The first-order chi connectivity index (χ1) is 10.3. The van der Waals surface area contributed by atoms with Crippen LogP contribution < -0.4 is 15.0 Å². The lowest BCUT2D eigenvalue weighted by Crippen LogP contribution is -2.43. The Balaban J connectivity index is 1.66. The van der Waals surface area contributed by atoms with Crippen LogP contribution in [-0.4, -0.2) is 31.6 Å². The Kier molecular flexibility index (Phi) is 3.14. The van der Waals surface area contributed by atoms with Crippen molar-refractivity contribution >= 4 is 11.6 Å². The van der Waals surface area contributed by atoms with E-state index in [1.165, 1.54) is 12.0 Å². The van der Waals surface area contributed by atoms with Gasteiger partial charge in [0, 0.05) is 18.6 Å². The zero-order chi connectivity index (χ0) is 14.4. The van der Waals surface area contributed by atoms with Crippen LogP contribution in [0.4, 0.5) is 5.69 Å². The third-order valence-corrected chi connectivity index (χ3v) is 5.28. The predicted octanol–water partition coefficient (Wildman–Crippen LogP) is 2.11. The fraction of sp³-hybridized carbons (Fsp3) is 0.588. The molecular weight excluding hydrogens is 264 g/mol. The zero-order valence-corrected chi connectivity index (χ0v) is 12.5. The minimum atomic E-state index is 0.152. The topological polar surface area (TPSA) is 41.6 Å². The maximum Gasteiger partial charge on any atom is 0.231 e. The molecule has 4 nitrogen and oxygen atoms in total. The number of nitrogens with one attached hydrogen (secondary N) is 1. The molecule has 1 N–H and O–H groups in total. The molecule has 3 heterocycles. The highest BCUT2D eigenvalue weighted by molar-refractivity contribution is 5.98. The van der Waals surface area contributed by atoms with E-state index in [9.17, 15) is 4.79 Å². The molecule has 2 fully saturated rings. The third kappa shape index (κ3) is 2.04. The van der Waals surface area contributed by atoms with E-state index in [1.807, 2.05) is 17.0 Å². The first-order valence-electron chi connectivity index (χ1n) is 8.01. The van der Waals surface area contributed by atoms with Crippen LogP contribution >= 0.6 is 0 Å². The van der Waals surface area contributed by atoms with Gasteiger partial charge in [0.15, 0.2) is 0 Å². The molecule has 3 atom stereocenters. The summed E-state index contributed by atoms with van der Waals surface area (Å²) in [5.41, 5.74) is 2.25. The number of methoxy groups -OCH3 is 1. The molecule has 1 aromatic rings. The van der Waals surface area contributed by atoms with Crippen molar-refractivity contribution in [1.82, 2.24) is 5.32 Å². The number of para-hydroxylation sites is 1. The smallest absolute Gasteiger partial charge is 0.231 e. The normalized spacial score (nSPS) is 30.3. The van der Waals surface area contributed by atoms with E-state index in [-0.39, 0.29) is 5.92 Å². The molecule has 3 unspecified atom stereocenters. The fourth-order valence-electron chi connectivity index (χ4n) is 4.30. The summed E-state index contributed by atoms with van der Waals surface area (Å²) in [5, 5.41) is 3.57. The first kappa shape index (κ1) is 13.1. The number of hydrogen-bond acceptors (Lipinski definition) is 3. The molecule has 0 spiro atoms. The van der Waals surface area contributed by atoms with Gasteiger partial charge in [0.1, 0.15) is 5.75 Å². The van der Waals surface area contributed by atoms with Gasteiger partial charge in [-0.2, -0.15) is 0 Å². The number of amides is 1. The fourth-order valence-corrected chi connectivity index (χ4v) is 4.30. The van der Waals surface area contributed by atoms with E-state index in [0.29, 0.717) is 18.0 Å². The van der Waals surface area contributed by atoms with Gasteiger partial charge in [-0.3, -0.25) is 4.79 Å². The molecule has 4 heteroatoms. The van der Waals surface area contributed by atoms with E-state index in [4.69, 9.17) is 4.74 Å². The monoisotopic (exact) mass is 286 g/mol. The Morgan fingerprint density at radius 3 is 3.00 bits per heavy atom. The van der Waals surface area contributed by atoms with E-state index in [1.54, 1.807) is 7.11 Å². The number of ether oxygens (including phenoxy) is 1. The highest BCUT2D eigenvalue weighted by Crippen LogP contribution is 2.40.